The predicted octanol–water partition coefficient (Wildman–Crippen LogP) is 3.71. The van der Waals surface area contributed by atoms with Crippen LogP contribution >= 0.6 is 0 Å². The van der Waals surface area contributed by atoms with Crippen molar-refractivity contribution in [3.05, 3.63) is 59.2 Å². The number of alkyl halides is 3. The Morgan fingerprint density at radius 1 is 0.889 bits per heavy atom. The van der Waals surface area contributed by atoms with Crippen molar-refractivity contribution >= 4 is 5.97 Å². The van der Waals surface area contributed by atoms with Crippen molar-refractivity contribution in [3.63, 3.8) is 0 Å². The molecule has 9 heteroatoms. The minimum absolute atomic E-state index is 0.0147. The highest BCUT2D eigenvalue weighted by Crippen LogP contribution is 2.32. The van der Waals surface area contributed by atoms with E-state index in [1.165, 1.54) is 25.3 Å². The van der Waals surface area contributed by atoms with Gasteiger partial charge in [-0.15, -0.1) is 20.4 Å². The van der Waals surface area contributed by atoms with Gasteiger partial charge in [0.05, 0.1) is 18.2 Å². The number of aryl methyl sites for hydroxylation is 1. The van der Waals surface area contributed by atoms with Crippen molar-refractivity contribution in [2.24, 2.45) is 0 Å². The summed E-state index contributed by atoms with van der Waals surface area (Å²) in [5, 5.41) is 15.6. The van der Waals surface area contributed by atoms with Crippen LogP contribution in [0.5, 0.6) is 0 Å². The highest BCUT2D eigenvalue weighted by atomic mass is 19.4. The van der Waals surface area contributed by atoms with E-state index >= 15 is 0 Å². The lowest BCUT2D eigenvalue weighted by Gasteiger charge is -2.09. The van der Waals surface area contributed by atoms with Gasteiger partial charge in [-0.05, 0) is 42.8 Å². The summed E-state index contributed by atoms with van der Waals surface area (Å²) >= 11 is 0. The summed E-state index contributed by atoms with van der Waals surface area (Å²) in [6, 6.07) is 9.79. The Morgan fingerprint density at radius 3 is 1.96 bits per heavy atom. The van der Waals surface area contributed by atoms with E-state index in [0.29, 0.717) is 16.7 Å². The van der Waals surface area contributed by atoms with E-state index < -0.39 is 17.7 Å². The van der Waals surface area contributed by atoms with E-state index in [9.17, 15) is 18.0 Å². The van der Waals surface area contributed by atoms with Crippen LogP contribution in [0.15, 0.2) is 42.5 Å². The third kappa shape index (κ3) is 4.08. The predicted molar refractivity (Wildman–Crippen MR) is 89.6 cm³/mol. The first kappa shape index (κ1) is 18.4. The van der Waals surface area contributed by atoms with Gasteiger partial charge in [0.1, 0.15) is 0 Å². The van der Waals surface area contributed by atoms with Gasteiger partial charge in [0.15, 0.2) is 0 Å². The number of ether oxygens (including phenoxy) is 1. The van der Waals surface area contributed by atoms with Crippen molar-refractivity contribution < 1.29 is 22.7 Å². The summed E-state index contributed by atoms with van der Waals surface area (Å²) in [7, 11) is 1.28. The lowest BCUT2D eigenvalue weighted by Crippen LogP contribution is -2.06. The molecular formula is C18H13F3N4O2. The summed E-state index contributed by atoms with van der Waals surface area (Å²) in [4.78, 5) is 11.4. The van der Waals surface area contributed by atoms with Crippen molar-refractivity contribution in [2.45, 2.75) is 13.1 Å². The minimum Gasteiger partial charge on any atom is -0.465 e. The first-order valence-electron chi connectivity index (χ1n) is 7.73. The van der Waals surface area contributed by atoms with Crippen molar-refractivity contribution in [1.29, 1.82) is 0 Å². The molecule has 0 atom stereocenters. The highest BCUT2D eigenvalue weighted by Gasteiger charge is 2.31. The minimum atomic E-state index is -4.47. The number of benzene rings is 2. The number of esters is 1. The Kier molecular flexibility index (Phi) is 4.85. The van der Waals surface area contributed by atoms with E-state index in [2.05, 4.69) is 25.1 Å². The van der Waals surface area contributed by atoms with Gasteiger partial charge in [-0.25, -0.2) is 4.79 Å². The molecule has 1 heterocycles. The smallest absolute Gasteiger partial charge is 0.416 e. The van der Waals surface area contributed by atoms with Crippen LogP contribution in [-0.4, -0.2) is 33.5 Å². The molecule has 0 aliphatic heterocycles. The third-order valence-electron chi connectivity index (χ3n) is 3.71. The Morgan fingerprint density at radius 2 is 1.44 bits per heavy atom. The first-order valence-corrected chi connectivity index (χ1v) is 7.73. The monoisotopic (exact) mass is 374 g/mol. The molecule has 0 unspecified atom stereocenters. The zero-order chi connectivity index (χ0) is 19.6. The topological polar surface area (TPSA) is 77.9 Å². The molecule has 0 N–H and O–H groups in total. The Hall–Kier alpha value is -3.36. The molecule has 0 aliphatic rings. The fraction of sp³-hybridized carbons (Fsp3) is 0.167. The fourth-order valence-corrected chi connectivity index (χ4v) is 2.41. The number of nitrogens with zero attached hydrogens (tertiary/aromatic N) is 4. The van der Waals surface area contributed by atoms with E-state index in [4.69, 9.17) is 0 Å². The molecule has 0 saturated carbocycles. The molecule has 6 nitrogen and oxygen atoms in total. The molecular weight excluding hydrogens is 361 g/mol. The maximum absolute atomic E-state index is 13.0. The lowest BCUT2D eigenvalue weighted by molar-refractivity contribution is -0.137. The Labute approximate surface area is 152 Å². The molecule has 0 fully saturated rings. The molecule has 0 aliphatic carbocycles. The molecule has 0 spiro atoms. The average Bonchev–Trinajstić information content (AvgIpc) is 2.66. The molecule has 138 valence electrons. The molecule has 0 saturated heterocycles. The number of hydrogen-bond acceptors (Lipinski definition) is 6. The molecule has 0 bridgehead atoms. The Balaban J connectivity index is 1.90. The van der Waals surface area contributed by atoms with Crippen LogP contribution in [-0.2, 0) is 10.9 Å². The van der Waals surface area contributed by atoms with Gasteiger partial charge in [-0.3, -0.25) is 0 Å². The number of rotatable bonds is 3. The maximum Gasteiger partial charge on any atom is 0.416 e. The normalized spacial score (nSPS) is 11.3. The second-order valence-electron chi connectivity index (χ2n) is 5.70. The fourth-order valence-electron chi connectivity index (χ4n) is 2.41. The number of halogens is 3. The molecule has 27 heavy (non-hydrogen) atoms. The van der Waals surface area contributed by atoms with Crippen LogP contribution < -0.4 is 0 Å². The molecule has 1 aromatic heterocycles. The third-order valence-corrected chi connectivity index (χ3v) is 3.71. The van der Waals surface area contributed by atoms with Crippen LogP contribution in [0.4, 0.5) is 13.2 Å². The van der Waals surface area contributed by atoms with Crippen LogP contribution in [0, 0.1) is 6.92 Å². The number of hydrogen-bond donors (Lipinski definition) is 0. The first-order chi connectivity index (χ1) is 12.8. The molecule has 3 rings (SSSR count). The van der Waals surface area contributed by atoms with Gasteiger partial charge >= 0.3 is 12.1 Å². The number of carbonyl (C=O) groups excluding carboxylic acids is 1. The van der Waals surface area contributed by atoms with Crippen molar-refractivity contribution in [2.75, 3.05) is 7.11 Å². The number of methoxy groups -OCH3 is 1. The van der Waals surface area contributed by atoms with E-state index in [-0.39, 0.29) is 17.2 Å². The van der Waals surface area contributed by atoms with Gasteiger partial charge in [-0.2, -0.15) is 13.2 Å². The Bertz CT molecular complexity index is 971. The molecule has 0 radical (unpaired) electrons. The summed E-state index contributed by atoms with van der Waals surface area (Å²) in [5.74, 6) is -0.313. The average molecular weight is 374 g/mol. The molecule has 2 aromatic carbocycles. The van der Waals surface area contributed by atoms with Crippen LogP contribution in [0.25, 0.3) is 22.8 Å². The maximum atomic E-state index is 13.0. The second-order valence-corrected chi connectivity index (χ2v) is 5.70. The van der Waals surface area contributed by atoms with Crippen molar-refractivity contribution in [1.82, 2.24) is 20.4 Å². The zero-order valence-corrected chi connectivity index (χ0v) is 14.3. The van der Waals surface area contributed by atoms with Gasteiger partial charge in [0, 0.05) is 11.1 Å². The number of aromatic nitrogens is 4. The standard InChI is InChI=1S/C18H13F3N4O2/c1-10-7-13(9-14(8-10)18(19,20)21)16-24-22-15(23-25-16)11-3-5-12(6-4-11)17(26)27-2/h3-9H,1-2H3. The van der Waals surface area contributed by atoms with Gasteiger partial charge < -0.3 is 4.74 Å². The largest absolute Gasteiger partial charge is 0.465 e. The summed E-state index contributed by atoms with van der Waals surface area (Å²) in [5.41, 5.74) is 0.719. The second kappa shape index (κ2) is 7.10. The molecule has 0 amide bonds. The van der Waals surface area contributed by atoms with E-state index in [0.717, 1.165) is 12.1 Å². The van der Waals surface area contributed by atoms with Gasteiger partial charge in [0.25, 0.3) is 0 Å². The lowest BCUT2D eigenvalue weighted by atomic mass is 10.1. The summed E-state index contributed by atoms with van der Waals surface area (Å²) < 4.78 is 43.5. The quantitative estimate of drug-likeness (QED) is 0.651. The summed E-state index contributed by atoms with van der Waals surface area (Å²) in [6.07, 6.45) is -4.47. The van der Waals surface area contributed by atoms with E-state index in [1.54, 1.807) is 19.1 Å². The van der Waals surface area contributed by atoms with Gasteiger partial charge in [-0.1, -0.05) is 12.1 Å². The SMILES string of the molecule is COC(=O)c1ccc(-c2nnc(-c3cc(C)cc(C(F)(F)F)c3)nn2)cc1. The summed E-state index contributed by atoms with van der Waals surface area (Å²) in [6.45, 7) is 1.55. The van der Waals surface area contributed by atoms with Crippen LogP contribution in [0.3, 0.4) is 0 Å². The highest BCUT2D eigenvalue weighted by molar-refractivity contribution is 5.89. The number of carbonyl (C=O) groups is 1. The van der Waals surface area contributed by atoms with Crippen LogP contribution in [0.1, 0.15) is 21.5 Å². The van der Waals surface area contributed by atoms with Crippen LogP contribution in [0.2, 0.25) is 0 Å². The van der Waals surface area contributed by atoms with E-state index in [1.807, 2.05) is 0 Å². The van der Waals surface area contributed by atoms with Gasteiger partial charge in [0.2, 0.25) is 11.6 Å². The molecule has 3 aromatic rings. The zero-order valence-electron chi connectivity index (χ0n) is 14.3. The van der Waals surface area contributed by atoms with Crippen molar-refractivity contribution in [3.8, 4) is 22.8 Å².